The van der Waals surface area contributed by atoms with Crippen LogP contribution >= 0.6 is 50.5 Å². The minimum atomic E-state index is 0.566. The molecule has 4 rings (SSSR count). The van der Waals surface area contributed by atoms with Crippen molar-refractivity contribution in [1.29, 1.82) is 0 Å². The predicted octanol–water partition coefficient (Wildman–Crippen LogP) is 5.51. The molecular weight excluding hydrogens is 431 g/mol. The van der Waals surface area contributed by atoms with Crippen LogP contribution in [0.15, 0.2) is 46.9 Å². The Morgan fingerprint density at radius 3 is 2.71 bits per heavy atom. The Kier molecular flexibility index (Phi) is 4.30. The Hall–Kier alpha value is -1.47. The van der Waals surface area contributed by atoms with Gasteiger partial charge in [-0.1, -0.05) is 68.7 Å². The van der Waals surface area contributed by atoms with Crippen LogP contribution in [0.4, 0.5) is 0 Å². The molecule has 24 heavy (non-hydrogen) atoms. The molecule has 2 heterocycles. The van der Waals surface area contributed by atoms with Crippen LogP contribution in [0.2, 0.25) is 10.0 Å². The zero-order valence-electron chi connectivity index (χ0n) is 12.1. The van der Waals surface area contributed by atoms with Crippen molar-refractivity contribution in [3.8, 4) is 10.6 Å². The van der Waals surface area contributed by atoms with Gasteiger partial charge in [-0.25, -0.2) is 0 Å². The molecule has 0 saturated carbocycles. The summed E-state index contributed by atoms with van der Waals surface area (Å²) in [6, 6.07) is 13.4. The van der Waals surface area contributed by atoms with Crippen LogP contribution in [0.25, 0.3) is 15.5 Å². The van der Waals surface area contributed by atoms with E-state index in [1.54, 1.807) is 4.52 Å². The Bertz CT molecular complexity index is 1040. The second kappa shape index (κ2) is 6.44. The van der Waals surface area contributed by atoms with E-state index in [1.807, 2.05) is 42.5 Å². The summed E-state index contributed by atoms with van der Waals surface area (Å²) in [4.78, 5) is 0.725. The largest absolute Gasteiger partial charge is 0.234 e. The number of halogens is 3. The molecule has 120 valence electrons. The molecule has 0 N–H and O–H groups in total. The first-order valence-electron chi connectivity index (χ1n) is 7.02. The van der Waals surface area contributed by atoms with Crippen LogP contribution < -0.4 is 0 Å². The van der Waals surface area contributed by atoms with Gasteiger partial charge in [0.2, 0.25) is 4.96 Å². The third kappa shape index (κ3) is 2.95. The van der Waals surface area contributed by atoms with Gasteiger partial charge in [-0.05, 0) is 29.8 Å². The first kappa shape index (κ1) is 16.0. The van der Waals surface area contributed by atoms with Crippen molar-refractivity contribution < 1.29 is 0 Å². The van der Waals surface area contributed by atoms with E-state index in [0.29, 0.717) is 16.5 Å². The number of nitrogens with zero attached hydrogens (tertiary/aromatic N) is 4. The Labute approximate surface area is 160 Å². The number of fused-ring (bicyclic) bond motifs is 1. The fourth-order valence-electron chi connectivity index (χ4n) is 2.35. The van der Waals surface area contributed by atoms with Crippen molar-refractivity contribution in [3.05, 3.63) is 68.4 Å². The predicted molar refractivity (Wildman–Crippen MR) is 101 cm³/mol. The summed E-state index contributed by atoms with van der Waals surface area (Å²) in [5.41, 5.74) is 1.86. The molecule has 4 nitrogen and oxygen atoms in total. The number of rotatable bonds is 3. The minimum absolute atomic E-state index is 0.566. The quantitative estimate of drug-likeness (QED) is 0.422. The second-order valence-corrected chi connectivity index (χ2v) is 7.80. The lowest BCUT2D eigenvalue weighted by Crippen LogP contribution is -1.98. The molecule has 0 aliphatic heterocycles. The Morgan fingerprint density at radius 1 is 1.04 bits per heavy atom. The molecule has 0 radical (unpaired) electrons. The van der Waals surface area contributed by atoms with Crippen molar-refractivity contribution in [1.82, 2.24) is 19.8 Å². The highest BCUT2D eigenvalue weighted by atomic mass is 79.9. The standard InChI is InChI=1S/C16H9BrCl2N4S/c17-10-5-6-13(19)11(8-10)15-22-23-14(20-21-16(23)24-15)7-9-3-1-2-4-12(9)18/h1-6,8H,7H2. The molecule has 2 aromatic carbocycles. The summed E-state index contributed by atoms with van der Waals surface area (Å²) in [5, 5.41) is 15.2. The Balaban J connectivity index is 1.76. The van der Waals surface area contributed by atoms with Crippen molar-refractivity contribution in [2.45, 2.75) is 6.42 Å². The SMILES string of the molecule is Clc1ccccc1Cc1nnc2sc(-c3cc(Br)ccc3Cl)nn12. The van der Waals surface area contributed by atoms with Crippen molar-refractivity contribution >= 4 is 55.4 Å². The average Bonchev–Trinajstić information content (AvgIpc) is 3.14. The van der Waals surface area contributed by atoms with Crippen LogP contribution in [0.5, 0.6) is 0 Å². The molecule has 0 aliphatic carbocycles. The molecule has 0 unspecified atom stereocenters. The van der Waals surface area contributed by atoms with Gasteiger partial charge in [0.1, 0.15) is 5.01 Å². The van der Waals surface area contributed by atoms with E-state index in [0.717, 1.165) is 31.4 Å². The van der Waals surface area contributed by atoms with Crippen molar-refractivity contribution in [3.63, 3.8) is 0 Å². The maximum absolute atomic E-state index is 6.30. The van der Waals surface area contributed by atoms with Gasteiger partial charge in [0.15, 0.2) is 5.82 Å². The third-order valence-electron chi connectivity index (χ3n) is 3.52. The highest BCUT2D eigenvalue weighted by Gasteiger charge is 2.16. The van der Waals surface area contributed by atoms with Crippen molar-refractivity contribution in [2.75, 3.05) is 0 Å². The van der Waals surface area contributed by atoms with E-state index in [1.165, 1.54) is 11.3 Å². The van der Waals surface area contributed by atoms with E-state index in [-0.39, 0.29) is 0 Å². The molecule has 0 amide bonds. The summed E-state index contributed by atoms with van der Waals surface area (Å²) in [5.74, 6) is 0.742. The number of hydrogen-bond acceptors (Lipinski definition) is 4. The molecule has 0 aliphatic rings. The molecule has 8 heteroatoms. The van der Waals surface area contributed by atoms with Gasteiger partial charge < -0.3 is 0 Å². The molecule has 0 fully saturated rings. The van der Waals surface area contributed by atoms with Gasteiger partial charge >= 0.3 is 0 Å². The molecular formula is C16H9BrCl2N4S. The van der Waals surface area contributed by atoms with Crippen LogP contribution in [-0.2, 0) is 6.42 Å². The monoisotopic (exact) mass is 438 g/mol. The maximum atomic E-state index is 6.30. The normalized spacial score (nSPS) is 11.3. The van der Waals surface area contributed by atoms with Gasteiger partial charge in [0.25, 0.3) is 0 Å². The van der Waals surface area contributed by atoms with E-state index < -0.39 is 0 Å². The fourth-order valence-corrected chi connectivity index (χ4v) is 4.07. The highest BCUT2D eigenvalue weighted by molar-refractivity contribution is 9.10. The van der Waals surface area contributed by atoms with Gasteiger partial charge in [-0.3, -0.25) is 0 Å². The second-order valence-electron chi connectivity index (χ2n) is 5.11. The molecule has 0 atom stereocenters. The summed E-state index contributed by atoms with van der Waals surface area (Å²) in [6.45, 7) is 0. The maximum Gasteiger partial charge on any atom is 0.234 e. The third-order valence-corrected chi connectivity index (χ3v) is 5.64. The van der Waals surface area contributed by atoms with Gasteiger partial charge in [0, 0.05) is 21.5 Å². The lowest BCUT2D eigenvalue weighted by Gasteiger charge is -2.02. The van der Waals surface area contributed by atoms with Crippen LogP contribution in [0.1, 0.15) is 11.4 Å². The van der Waals surface area contributed by atoms with Gasteiger partial charge in [-0.15, -0.1) is 10.2 Å². The highest BCUT2D eigenvalue weighted by Crippen LogP contribution is 2.33. The molecule has 4 aromatic rings. The van der Waals surface area contributed by atoms with Crippen LogP contribution in [0, 0.1) is 0 Å². The number of benzene rings is 2. The lowest BCUT2D eigenvalue weighted by atomic mass is 10.1. The van der Waals surface area contributed by atoms with Gasteiger partial charge in [-0.2, -0.15) is 9.61 Å². The van der Waals surface area contributed by atoms with E-state index in [2.05, 4.69) is 31.2 Å². The topological polar surface area (TPSA) is 43.1 Å². The lowest BCUT2D eigenvalue weighted by molar-refractivity contribution is 0.854. The van der Waals surface area contributed by atoms with Crippen molar-refractivity contribution in [2.24, 2.45) is 0 Å². The zero-order valence-corrected chi connectivity index (χ0v) is 16.0. The minimum Gasteiger partial charge on any atom is -0.187 e. The first-order valence-corrected chi connectivity index (χ1v) is 9.38. The molecule has 2 aromatic heterocycles. The summed E-state index contributed by atoms with van der Waals surface area (Å²) < 4.78 is 2.70. The first-order chi connectivity index (χ1) is 11.6. The van der Waals surface area contributed by atoms with E-state index >= 15 is 0 Å². The van der Waals surface area contributed by atoms with Crippen LogP contribution in [0.3, 0.4) is 0 Å². The summed E-state index contributed by atoms with van der Waals surface area (Å²) in [7, 11) is 0. The summed E-state index contributed by atoms with van der Waals surface area (Å²) >= 11 is 17.4. The zero-order chi connectivity index (χ0) is 16.7. The smallest absolute Gasteiger partial charge is 0.187 e. The number of hydrogen-bond donors (Lipinski definition) is 0. The Morgan fingerprint density at radius 2 is 1.88 bits per heavy atom. The van der Waals surface area contributed by atoms with E-state index in [4.69, 9.17) is 23.2 Å². The average molecular weight is 440 g/mol. The summed E-state index contributed by atoms with van der Waals surface area (Å²) in [6.07, 6.45) is 0.566. The van der Waals surface area contributed by atoms with Crippen LogP contribution in [-0.4, -0.2) is 19.8 Å². The molecule has 0 spiro atoms. The molecule has 0 saturated heterocycles. The number of aromatic nitrogens is 4. The fraction of sp³-hybridized carbons (Fsp3) is 0.0625. The van der Waals surface area contributed by atoms with Gasteiger partial charge in [0.05, 0.1) is 5.02 Å². The molecule has 0 bridgehead atoms. The van der Waals surface area contributed by atoms with E-state index in [9.17, 15) is 0 Å².